The molecule has 0 bridgehead atoms. The number of aromatic amines is 1. The van der Waals surface area contributed by atoms with Gasteiger partial charge in [0.25, 0.3) is 0 Å². The standard InChI is InChI=1S/C19H30N4O3/c1-26-11-3-8-23-15-19(12-18(23)25)6-9-22(10-7-19)17(24)5-2-4-16-13-20-21-14-16/h13-14H,2-12,15H2,1H3,(H,20,21). The summed E-state index contributed by atoms with van der Waals surface area (Å²) in [5.74, 6) is 0.505. The van der Waals surface area contributed by atoms with Gasteiger partial charge in [-0.15, -0.1) is 0 Å². The Balaban J connectivity index is 1.40. The number of methoxy groups -OCH3 is 1. The second-order valence-electron chi connectivity index (χ2n) is 7.68. The van der Waals surface area contributed by atoms with E-state index in [1.165, 1.54) is 0 Å². The second-order valence-corrected chi connectivity index (χ2v) is 7.68. The van der Waals surface area contributed by atoms with E-state index in [0.717, 1.165) is 63.8 Å². The molecule has 1 aromatic rings. The zero-order valence-electron chi connectivity index (χ0n) is 15.7. The highest BCUT2D eigenvalue weighted by Crippen LogP contribution is 2.41. The van der Waals surface area contributed by atoms with Crippen LogP contribution in [-0.4, -0.2) is 71.7 Å². The zero-order chi connectivity index (χ0) is 18.4. The first-order valence-electron chi connectivity index (χ1n) is 9.64. The summed E-state index contributed by atoms with van der Waals surface area (Å²) in [6.45, 7) is 3.88. The third-order valence-electron chi connectivity index (χ3n) is 5.77. The van der Waals surface area contributed by atoms with Crippen LogP contribution >= 0.6 is 0 Å². The van der Waals surface area contributed by atoms with Gasteiger partial charge in [0.1, 0.15) is 0 Å². The van der Waals surface area contributed by atoms with Gasteiger partial charge in [0, 0.05) is 64.3 Å². The molecule has 0 saturated carbocycles. The van der Waals surface area contributed by atoms with Gasteiger partial charge in [0.2, 0.25) is 11.8 Å². The molecule has 3 rings (SSSR count). The zero-order valence-corrected chi connectivity index (χ0v) is 15.7. The van der Waals surface area contributed by atoms with E-state index in [0.29, 0.717) is 19.4 Å². The number of carbonyl (C=O) groups is 2. The Morgan fingerprint density at radius 1 is 1.35 bits per heavy atom. The minimum absolute atomic E-state index is 0.0811. The first-order valence-corrected chi connectivity index (χ1v) is 9.64. The highest BCUT2D eigenvalue weighted by molar-refractivity contribution is 5.80. The van der Waals surface area contributed by atoms with E-state index in [1.54, 1.807) is 7.11 Å². The lowest BCUT2D eigenvalue weighted by Crippen LogP contribution is -2.44. The van der Waals surface area contributed by atoms with Gasteiger partial charge in [-0.05, 0) is 37.7 Å². The number of H-pyrrole nitrogens is 1. The van der Waals surface area contributed by atoms with Gasteiger partial charge in [-0.2, -0.15) is 5.10 Å². The average molecular weight is 362 g/mol. The van der Waals surface area contributed by atoms with Gasteiger partial charge in [-0.1, -0.05) is 0 Å². The van der Waals surface area contributed by atoms with Gasteiger partial charge in [0.05, 0.1) is 6.20 Å². The van der Waals surface area contributed by atoms with Gasteiger partial charge >= 0.3 is 0 Å². The summed E-state index contributed by atoms with van der Waals surface area (Å²) in [6, 6.07) is 0. The molecular weight excluding hydrogens is 332 g/mol. The van der Waals surface area contributed by atoms with Gasteiger partial charge < -0.3 is 14.5 Å². The molecule has 144 valence electrons. The fourth-order valence-corrected chi connectivity index (χ4v) is 4.17. The quantitative estimate of drug-likeness (QED) is 0.713. The van der Waals surface area contributed by atoms with Crippen molar-refractivity contribution in [1.29, 1.82) is 0 Å². The highest BCUT2D eigenvalue weighted by Gasteiger charge is 2.45. The molecule has 0 atom stereocenters. The van der Waals surface area contributed by atoms with Crippen LogP contribution < -0.4 is 0 Å². The molecule has 1 N–H and O–H groups in total. The van der Waals surface area contributed by atoms with Crippen molar-refractivity contribution in [3.05, 3.63) is 18.0 Å². The number of carbonyl (C=O) groups excluding carboxylic acids is 2. The Bertz CT molecular complexity index is 594. The maximum Gasteiger partial charge on any atom is 0.223 e. The molecule has 0 aliphatic carbocycles. The van der Waals surface area contributed by atoms with Crippen LogP contribution in [0.25, 0.3) is 0 Å². The van der Waals surface area contributed by atoms with Crippen LogP contribution in [0.2, 0.25) is 0 Å². The first kappa shape index (κ1) is 18.9. The van der Waals surface area contributed by atoms with Crippen LogP contribution in [0, 0.1) is 5.41 Å². The molecular formula is C19H30N4O3. The molecule has 0 aromatic carbocycles. The Morgan fingerprint density at radius 3 is 2.85 bits per heavy atom. The van der Waals surface area contributed by atoms with Gasteiger partial charge in [-0.25, -0.2) is 0 Å². The van der Waals surface area contributed by atoms with Crippen molar-refractivity contribution in [3.8, 4) is 0 Å². The van der Waals surface area contributed by atoms with Crippen LogP contribution in [0.4, 0.5) is 0 Å². The summed E-state index contributed by atoms with van der Waals surface area (Å²) < 4.78 is 5.08. The monoisotopic (exact) mass is 362 g/mol. The van der Waals surface area contributed by atoms with Crippen LogP contribution in [-0.2, 0) is 20.7 Å². The summed E-state index contributed by atoms with van der Waals surface area (Å²) in [4.78, 5) is 28.7. The third kappa shape index (κ3) is 4.63. The lowest BCUT2D eigenvalue weighted by atomic mass is 9.77. The van der Waals surface area contributed by atoms with Crippen LogP contribution in [0.1, 0.15) is 44.1 Å². The smallest absolute Gasteiger partial charge is 0.223 e. The number of hydrogen-bond donors (Lipinski definition) is 1. The number of ether oxygens (including phenoxy) is 1. The molecule has 2 amide bonds. The molecule has 2 saturated heterocycles. The number of likely N-dealkylation sites (tertiary alicyclic amines) is 2. The summed E-state index contributed by atoms with van der Waals surface area (Å²) in [7, 11) is 1.69. The Morgan fingerprint density at radius 2 is 2.15 bits per heavy atom. The summed E-state index contributed by atoms with van der Waals surface area (Å²) in [5.41, 5.74) is 1.23. The van der Waals surface area contributed by atoms with Gasteiger partial charge in [0.15, 0.2) is 0 Å². The Kier molecular flexibility index (Phi) is 6.29. The van der Waals surface area contributed by atoms with Crippen molar-refractivity contribution < 1.29 is 14.3 Å². The molecule has 2 aliphatic heterocycles. The highest BCUT2D eigenvalue weighted by atomic mass is 16.5. The normalized spacial score (nSPS) is 19.5. The molecule has 26 heavy (non-hydrogen) atoms. The molecule has 3 heterocycles. The minimum atomic E-state index is 0.0811. The van der Waals surface area contributed by atoms with Crippen molar-refractivity contribution in [2.75, 3.05) is 39.9 Å². The topological polar surface area (TPSA) is 78.5 Å². The third-order valence-corrected chi connectivity index (χ3v) is 5.77. The van der Waals surface area contributed by atoms with Crippen molar-refractivity contribution >= 4 is 11.8 Å². The van der Waals surface area contributed by atoms with E-state index in [4.69, 9.17) is 4.74 Å². The molecule has 7 heteroatoms. The SMILES string of the molecule is COCCCN1CC2(CCN(C(=O)CCCc3cn[nH]c3)CC2)CC1=O. The number of aryl methyl sites for hydroxylation is 1. The number of hydrogen-bond acceptors (Lipinski definition) is 4. The molecule has 7 nitrogen and oxygen atoms in total. The van der Waals surface area contributed by atoms with E-state index in [1.807, 2.05) is 22.2 Å². The Labute approximate surface area is 155 Å². The number of amides is 2. The van der Waals surface area contributed by atoms with E-state index >= 15 is 0 Å². The minimum Gasteiger partial charge on any atom is -0.385 e. The van der Waals surface area contributed by atoms with Crippen LogP contribution in [0.5, 0.6) is 0 Å². The first-order chi connectivity index (χ1) is 12.6. The van der Waals surface area contributed by atoms with Crippen molar-refractivity contribution in [1.82, 2.24) is 20.0 Å². The average Bonchev–Trinajstić information content (AvgIpc) is 3.24. The maximum atomic E-state index is 12.4. The largest absolute Gasteiger partial charge is 0.385 e. The van der Waals surface area contributed by atoms with Crippen molar-refractivity contribution in [2.24, 2.45) is 5.41 Å². The predicted octanol–water partition coefficient (Wildman–Crippen LogP) is 1.61. The number of piperidine rings is 1. The lowest BCUT2D eigenvalue weighted by molar-refractivity contribution is -0.133. The summed E-state index contributed by atoms with van der Waals surface area (Å²) in [5, 5.41) is 6.73. The number of nitrogens with zero attached hydrogens (tertiary/aromatic N) is 3. The number of nitrogens with one attached hydrogen (secondary N) is 1. The van der Waals surface area contributed by atoms with Crippen LogP contribution in [0.3, 0.4) is 0 Å². The van der Waals surface area contributed by atoms with E-state index in [9.17, 15) is 9.59 Å². The van der Waals surface area contributed by atoms with Crippen molar-refractivity contribution in [2.45, 2.75) is 44.9 Å². The Hall–Kier alpha value is -1.89. The van der Waals surface area contributed by atoms with E-state index in [2.05, 4.69) is 10.2 Å². The maximum absolute atomic E-state index is 12.4. The molecule has 0 unspecified atom stereocenters. The fraction of sp³-hybridized carbons (Fsp3) is 0.737. The lowest BCUT2D eigenvalue weighted by Gasteiger charge is -2.39. The molecule has 1 aromatic heterocycles. The number of aromatic nitrogens is 2. The summed E-state index contributed by atoms with van der Waals surface area (Å²) >= 11 is 0. The molecule has 2 fully saturated rings. The molecule has 1 spiro atoms. The van der Waals surface area contributed by atoms with Crippen LogP contribution in [0.15, 0.2) is 12.4 Å². The van der Waals surface area contributed by atoms with E-state index in [-0.39, 0.29) is 17.2 Å². The number of rotatable bonds is 8. The van der Waals surface area contributed by atoms with E-state index < -0.39 is 0 Å². The predicted molar refractivity (Wildman–Crippen MR) is 97.5 cm³/mol. The van der Waals surface area contributed by atoms with Gasteiger partial charge in [-0.3, -0.25) is 14.7 Å². The molecule has 0 radical (unpaired) electrons. The van der Waals surface area contributed by atoms with Crippen molar-refractivity contribution in [3.63, 3.8) is 0 Å². The fourth-order valence-electron chi connectivity index (χ4n) is 4.17. The second kappa shape index (κ2) is 8.66. The molecule has 2 aliphatic rings. The summed E-state index contributed by atoms with van der Waals surface area (Å²) in [6.07, 6.45) is 9.41.